The maximum absolute atomic E-state index is 12.6. The van der Waals surface area contributed by atoms with E-state index in [1.165, 1.54) is 19.3 Å². The Bertz CT molecular complexity index is 705. The Balaban J connectivity index is 1.35. The van der Waals surface area contributed by atoms with Crippen LogP contribution in [-0.2, 0) is 16.1 Å². The average molecular weight is 358 g/mol. The highest BCUT2D eigenvalue weighted by atomic mass is 16.7. The molecule has 1 N–H and O–H groups in total. The number of hydrogen-bond acceptors (Lipinski definition) is 4. The summed E-state index contributed by atoms with van der Waals surface area (Å²) in [6.45, 7) is 3.43. The molecule has 1 saturated carbocycles. The van der Waals surface area contributed by atoms with Crippen LogP contribution in [-0.4, -0.2) is 36.1 Å². The lowest BCUT2D eigenvalue weighted by Gasteiger charge is -2.30. The highest BCUT2D eigenvalue weighted by Crippen LogP contribution is 2.33. The lowest BCUT2D eigenvalue weighted by Crippen LogP contribution is -2.44. The summed E-state index contributed by atoms with van der Waals surface area (Å²) in [4.78, 5) is 26.8. The van der Waals surface area contributed by atoms with E-state index >= 15 is 0 Å². The predicted octanol–water partition coefficient (Wildman–Crippen LogP) is 2.46. The third kappa shape index (κ3) is 3.50. The molecule has 3 unspecified atom stereocenters. The Morgan fingerprint density at radius 2 is 2.04 bits per heavy atom. The van der Waals surface area contributed by atoms with Crippen LogP contribution in [0.4, 0.5) is 0 Å². The lowest BCUT2D eigenvalue weighted by molar-refractivity contribution is -0.129. The molecule has 1 aliphatic carbocycles. The number of hydrogen-bond donors (Lipinski definition) is 1. The van der Waals surface area contributed by atoms with E-state index in [2.05, 4.69) is 12.2 Å². The Morgan fingerprint density at radius 1 is 1.23 bits per heavy atom. The molecule has 1 aromatic rings. The average Bonchev–Trinajstić information content (AvgIpc) is 3.23. The van der Waals surface area contributed by atoms with Crippen LogP contribution in [0.25, 0.3) is 0 Å². The molecule has 3 atom stereocenters. The third-order valence-corrected chi connectivity index (χ3v) is 5.83. The van der Waals surface area contributed by atoms with Gasteiger partial charge in [-0.1, -0.05) is 25.8 Å². The monoisotopic (exact) mass is 358 g/mol. The van der Waals surface area contributed by atoms with Crippen molar-refractivity contribution in [2.75, 3.05) is 13.3 Å². The van der Waals surface area contributed by atoms with Crippen molar-refractivity contribution >= 4 is 11.8 Å². The van der Waals surface area contributed by atoms with E-state index in [-0.39, 0.29) is 30.6 Å². The van der Waals surface area contributed by atoms with Gasteiger partial charge in [0.15, 0.2) is 11.5 Å². The van der Waals surface area contributed by atoms with Crippen LogP contribution < -0.4 is 14.8 Å². The van der Waals surface area contributed by atoms with Gasteiger partial charge in [-0.2, -0.15) is 0 Å². The van der Waals surface area contributed by atoms with Crippen molar-refractivity contribution in [1.29, 1.82) is 0 Å². The molecule has 3 aliphatic rings. The molecule has 4 rings (SSSR count). The Labute approximate surface area is 153 Å². The molecule has 2 heterocycles. The fourth-order valence-corrected chi connectivity index (χ4v) is 4.19. The van der Waals surface area contributed by atoms with E-state index in [9.17, 15) is 9.59 Å². The standard InChI is InChI=1S/C20H26N2O4/c1-13-4-2-3-5-16(13)21-20(24)15-9-19(23)22(11-15)10-14-6-7-17-18(8-14)26-12-25-17/h6-8,13,15-16H,2-5,9-12H2,1H3,(H,21,24). The van der Waals surface area contributed by atoms with Gasteiger partial charge in [-0.3, -0.25) is 9.59 Å². The zero-order valence-electron chi connectivity index (χ0n) is 15.2. The van der Waals surface area contributed by atoms with Gasteiger partial charge in [0, 0.05) is 25.6 Å². The number of nitrogens with one attached hydrogen (secondary N) is 1. The van der Waals surface area contributed by atoms with Crippen LogP contribution >= 0.6 is 0 Å². The minimum absolute atomic E-state index is 0.0327. The van der Waals surface area contributed by atoms with Gasteiger partial charge in [-0.05, 0) is 36.5 Å². The molecule has 6 nitrogen and oxygen atoms in total. The van der Waals surface area contributed by atoms with Gasteiger partial charge in [0.2, 0.25) is 18.6 Å². The van der Waals surface area contributed by atoms with Crippen LogP contribution in [0.2, 0.25) is 0 Å². The van der Waals surface area contributed by atoms with Gasteiger partial charge in [0.1, 0.15) is 0 Å². The number of ether oxygens (including phenoxy) is 2. The van der Waals surface area contributed by atoms with E-state index in [1.807, 2.05) is 18.2 Å². The summed E-state index contributed by atoms with van der Waals surface area (Å²) in [6, 6.07) is 5.98. The number of carbonyl (C=O) groups excluding carboxylic acids is 2. The molecule has 1 saturated heterocycles. The smallest absolute Gasteiger partial charge is 0.231 e. The summed E-state index contributed by atoms with van der Waals surface area (Å²) < 4.78 is 10.7. The topological polar surface area (TPSA) is 67.9 Å². The van der Waals surface area contributed by atoms with Crippen LogP contribution in [0.5, 0.6) is 11.5 Å². The number of likely N-dealkylation sites (tertiary alicyclic amines) is 1. The maximum atomic E-state index is 12.6. The largest absolute Gasteiger partial charge is 0.454 e. The molecule has 6 heteroatoms. The lowest BCUT2D eigenvalue weighted by atomic mass is 9.85. The fraction of sp³-hybridized carbons (Fsp3) is 0.600. The Kier molecular flexibility index (Phi) is 4.74. The first-order valence-electron chi connectivity index (χ1n) is 9.57. The third-order valence-electron chi connectivity index (χ3n) is 5.83. The SMILES string of the molecule is CC1CCCCC1NC(=O)C1CC(=O)N(Cc2ccc3c(c2)OCO3)C1. The van der Waals surface area contributed by atoms with Crippen molar-refractivity contribution < 1.29 is 19.1 Å². The van der Waals surface area contributed by atoms with Crippen LogP contribution in [0, 0.1) is 11.8 Å². The molecule has 1 aromatic carbocycles. The second kappa shape index (κ2) is 7.17. The molecular weight excluding hydrogens is 332 g/mol. The summed E-state index contributed by atoms with van der Waals surface area (Å²) in [5.74, 6) is 1.81. The second-order valence-corrected chi connectivity index (χ2v) is 7.74. The van der Waals surface area contributed by atoms with Crippen molar-refractivity contribution in [2.45, 2.75) is 51.6 Å². The van der Waals surface area contributed by atoms with Crippen LogP contribution in [0.1, 0.15) is 44.6 Å². The Morgan fingerprint density at radius 3 is 2.88 bits per heavy atom. The van der Waals surface area contributed by atoms with Gasteiger partial charge in [-0.15, -0.1) is 0 Å². The van der Waals surface area contributed by atoms with Gasteiger partial charge < -0.3 is 19.7 Å². The molecule has 0 bridgehead atoms. The van der Waals surface area contributed by atoms with Gasteiger partial charge in [-0.25, -0.2) is 0 Å². The van der Waals surface area contributed by atoms with E-state index in [4.69, 9.17) is 9.47 Å². The molecule has 0 aromatic heterocycles. The first kappa shape index (κ1) is 17.2. The molecule has 2 fully saturated rings. The quantitative estimate of drug-likeness (QED) is 0.898. The van der Waals surface area contributed by atoms with Crippen molar-refractivity contribution in [3.8, 4) is 11.5 Å². The predicted molar refractivity (Wildman–Crippen MR) is 95.7 cm³/mol. The number of carbonyl (C=O) groups is 2. The summed E-state index contributed by atoms with van der Waals surface area (Å²) in [6.07, 6.45) is 4.95. The van der Waals surface area contributed by atoms with Crippen molar-refractivity contribution in [3.63, 3.8) is 0 Å². The Hall–Kier alpha value is -2.24. The number of benzene rings is 1. The van der Waals surface area contributed by atoms with Crippen molar-refractivity contribution in [3.05, 3.63) is 23.8 Å². The number of rotatable bonds is 4. The fourth-order valence-electron chi connectivity index (χ4n) is 4.19. The molecule has 0 radical (unpaired) electrons. The second-order valence-electron chi connectivity index (χ2n) is 7.74. The molecule has 2 aliphatic heterocycles. The summed E-state index contributed by atoms with van der Waals surface area (Å²) in [7, 11) is 0. The van der Waals surface area contributed by atoms with Crippen LogP contribution in [0.15, 0.2) is 18.2 Å². The van der Waals surface area contributed by atoms with Crippen molar-refractivity contribution in [1.82, 2.24) is 10.2 Å². The molecule has 140 valence electrons. The molecular formula is C20H26N2O4. The van der Waals surface area contributed by atoms with Gasteiger partial charge >= 0.3 is 0 Å². The molecule has 0 spiro atoms. The normalized spacial score (nSPS) is 27.7. The van der Waals surface area contributed by atoms with Crippen LogP contribution in [0.3, 0.4) is 0 Å². The van der Waals surface area contributed by atoms with E-state index in [0.717, 1.165) is 23.5 Å². The van der Waals surface area contributed by atoms with E-state index < -0.39 is 0 Å². The number of fused-ring (bicyclic) bond motifs is 1. The summed E-state index contributed by atoms with van der Waals surface area (Å²) in [5.41, 5.74) is 0.990. The maximum Gasteiger partial charge on any atom is 0.231 e. The minimum Gasteiger partial charge on any atom is -0.454 e. The zero-order valence-corrected chi connectivity index (χ0v) is 15.2. The van der Waals surface area contributed by atoms with E-state index in [1.54, 1.807) is 4.90 Å². The highest BCUT2D eigenvalue weighted by Gasteiger charge is 2.36. The summed E-state index contributed by atoms with van der Waals surface area (Å²) in [5, 5.41) is 3.20. The molecule has 2 amide bonds. The number of amides is 2. The van der Waals surface area contributed by atoms with Gasteiger partial charge in [0.25, 0.3) is 0 Å². The number of nitrogens with zero attached hydrogens (tertiary/aromatic N) is 1. The molecule has 26 heavy (non-hydrogen) atoms. The highest BCUT2D eigenvalue weighted by molar-refractivity contribution is 5.89. The minimum atomic E-state index is -0.245. The summed E-state index contributed by atoms with van der Waals surface area (Å²) >= 11 is 0. The van der Waals surface area contributed by atoms with E-state index in [0.29, 0.717) is 25.4 Å². The first-order valence-corrected chi connectivity index (χ1v) is 9.57. The zero-order chi connectivity index (χ0) is 18.1. The first-order chi connectivity index (χ1) is 12.6. The van der Waals surface area contributed by atoms with Gasteiger partial charge in [0.05, 0.1) is 5.92 Å². The van der Waals surface area contributed by atoms with Crippen molar-refractivity contribution in [2.24, 2.45) is 11.8 Å².